The lowest BCUT2D eigenvalue weighted by Gasteiger charge is -2.10. The first-order valence-corrected chi connectivity index (χ1v) is 12.8. The first-order valence-electron chi connectivity index (χ1n) is 11.0. The van der Waals surface area contributed by atoms with E-state index in [2.05, 4.69) is 26.0 Å². The van der Waals surface area contributed by atoms with Crippen LogP contribution in [0.4, 0.5) is 11.6 Å². The third kappa shape index (κ3) is 7.16. The number of rotatable bonds is 10. The number of carbonyl (C=O) groups excluding carboxylic acids is 1. The molecule has 1 aromatic heterocycles. The van der Waals surface area contributed by atoms with Gasteiger partial charge >= 0.3 is 0 Å². The fourth-order valence-electron chi connectivity index (χ4n) is 3.15. The Morgan fingerprint density at radius 1 is 1.14 bits per heavy atom. The Morgan fingerprint density at radius 3 is 2.76 bits per heavy atom. The van der Waals surface area contributed by atoms with Gasteiger partial charge in [-0.15, -0.1) is 10.2 Å². The second kappa shape index (κ2) is 12.5. The quantitative estimate of drug-likeness (QED) is 0.104. The van der Waals surface area contributed by atoms with Crippen molar-refractivity contribution in [1.29, 1.82) is 0 Å². The molecular formula is C25H23Cl2N7O2S. The molecule has 0 spiro atoms. The summed E-state index contributed by atoms with van der Waals surface area (Å²) in [7, 11) is 0. The van der Waals surface area contributed by atoms with Gasteiger partial charge in [-0.25, -0.2) is 10.1 Å². The fourth-order valence-corrected chi connectivity index (χ4v) is 4.17. The van der Waals surface area contributed by atoms with Crippen LogP contribution in [-0.2, 0) is 11.4 Å². The second-order valence-corrected chi connectivity index (χ2v) is 9.55. The molecule has 3 aromatic carbocycles. The van der Waals surface area contributed by atoms with Gasteiger partial charge in [0.15, 0.2) is 0 Å². The molecule has 37 heavy (non-hydrogen) atoms. The van der Waals surface area contributed by atoms with E-state index in [1.165, 1.54) is 4.68 Å². The molecule has 1 heterocycles. The molecular weight excluding hydrogens is 533 g/mol. The van der Waals surface area contributed by atoms with Crippen LogP contribution in [0, 0.1) is 6.92 Å². The number of benzene rings is 3. The third-order valence-corrected chi connectivity index (χ3v) is 6.65. The molecule has 4 N–H and O–H groups in total. The molecule has 0 saturated carbocycles. The Labute approximate surface area is 228 Å². The number of anilines is 2. The van der Waals surface area contributed by atoms with Crippen molar-refractivity contribution in [3.8, 4) is 5.75 Å². The summed E-state index contributed by atoms with van der Waals surface area (Å²) in [4.78, 5) is 12.4. The van der Waals surface area contributed by atoms with E-state index in [-0.39, 0.29) is 17.6 Å². The number of nitrogen functional groups attached to an aromatic ring is 1. The number of nitrogens with zero attached hydrogens (tertiary/aromatic N) is 4. The van der Waals surface area contributed by atoms with Crippen molar-refractivity contribution in [1.82, 2.24) is 14.9 Å². The molecule has 0 aliphatic carbocycles. The minimum atomic E-state index is -0.223. The van der Waals surface area contributed by atoms with Crippen molar-refractivity contribution in [2.45, 2.75) is 18.7 Å². The summed E-state index contributed by atoms with van der Waals surface area (Å²) in [5.74, 6) is 6.78. The molecule has 0 aliphatic rings. The van der Waals surface area contributed by atoms with Crippen LogP contribution in [0.15, 0.2) is 77.0 Å². The van der Waals surface area contributed by atoms with Crippen molar-refractivity contribution in [2.75, 3.05) is 22.3 Å². The van der Waals surface area contributed by atoms with Crippen LogP contribution in [0.2, 0.25) is 10.0 Å². The standard InChI is InChI=1S/C25H23Cl2N7O2S/c1-16-10-11-19(26)12-21(16)30-23(35)15-37-25-33-32-24(34(25)28)31-29-13-17-6-3-5-9-22(17)36-14-18-7-2-4-8-20(18)27/h2-13H,14-15,28H2,1H3,(H,30,35)(H,31,32)/b29-13+. The number of hydrogen-bond acceptors (Lipinski definition) is 8. The minimum Gasteiger partial charge on any atom is -0.488 e. The molecule has 0 radical (unpaired) electrons. The molecule has 1 amide bonds. The number of aryl methyl sites for hydroxylation is 1. The summed E-state index contributed by atoms with van der Waals surface area (Å²) in [5, 5.41) is 16.6. The van der Waals surface area contributed by atoms with E-state index in [0.717, 1.165) is 28.5 Å². The molecule has 190 valence electrons. The van der Waals surface area contributed by atoms with Gasteiger partial charge in [0, 0.05) is 26.9 Å². The smallest absolute Gasteiger partial charge is 0.264 e. The Bertz CT molecular complexity index is 1430. The van der Waals surface area contributed by atoms with E-state index in [0.29, 0.717) is 33.2 Å². The number of halogens is 2. The number of hydrazone groups is 1. The highest BCUT2D eigenvalue weighted by Gasteiger charge is 2.13. The van der Waals surface area contributed by atoms with Crippen molar-refractivity contribution in [2.24, 2.45) is 5.10 Å². The number of para-hydroxylation sites is 1. The molecule has 0 bridgehead atoms. The lowest BCUT2D eigenvalue weighted by atomic mass is 10.2. The maximum absolute atomic E-state index is 12.4. The van der Waals surface area contributed by atoms with Gasteiger partial charge in [0.1, 0.15) is 12.4 Å². The second-order valence-electron chi connectivity index (χ2n) is 7.76. The molecule has 0 unspecified atom stereocenters. The van der Waals surface area contributed by atoms with Crippen molar-refractivity contribution < 1.29 is 9.53 Å². The van der Waals surface area contributed by atoms with Crippen LogP contribution < -0.4 is 21.3 Å². The van der Waals surface area contributed by atoms with Gasteiger partial charge in [0.05, 0.1) is 12.0 Å². The van der Waals surface area contributed by atoms with Gasteiger partial charge in [-0.3, -0.25) is 4.79 Å². The Morgan fingerprint density at radius 2 is 1.92 bits per heavy atom. The highest BCUT2D eigenvalue weighted by Crippen LogP contribution is 2.23. The SMILES string of the molecule is Cc1ccc(Cl)cc1NC(=O)CSc1nnc(N/N=C/c2ccccc2OCc2ccccc2Cl)n1N. The normalized spacial score (nSPS) is 11.0. The lowest BCUT2D eigenvalue weighted by molar-refractivity contribution is -0.113. The number of hydrogen-bond donors (Lipinski definition) is 3. The molecule has 12 heteroatoms. The van der Waals surface area contributed by atoms with Crippen LogP contribution in [0.3, 0.4) is 0 Å². The molecule has 4 aromatic rings. The van der Waals surface area contributed by atoms with E-state index in [4.69, 9.17) is 33.8 Å². The predicted octanol–water partition coefficient (Wildman–Crippen LogP) is 5.36. The van der Waals surface area contributed by atoms with E-state index in [1.54, 1.807) is 18.3 Å². The van der Waals surface area contributed by atoms with E-state index < -0.39 is 0 Å². The number of nitrogens with two attached hydrogens (primary N) is 1. The maximum atomic E-state index is 12.4. The topological polar surface area (TPSA) is 119 Å². The van der Waals surface area contributed by atoms with Crippen molar-refractivity contribution in [3.05, 3.63) is 93.5 Å². The fraction of sp³-hybridized carbons (Fsp3) is 0.120. The van der Waals surface area contributed by atoms with Crippen LogP contribution in [0.25, 0.3) is 0 Å². The third-order valence-electron chi connectivity index (χ3n) is 5.10. The lowest BCUT2D eigenvalue weighted by Crippen LogP contribution is -2.17. The predicted molar refractivity (Wildman–Crippen MR) is 149 cm³/mol. The highest BCUT2D eigenvalue weighted by atomic mass is 35.5. The van der Waals surface area contributed by atoms with Crippen LogP contribution in [0.1, 0.15) is 16.7 Å². The first kappa shape index (κ1) is 26.3. The van der Waals surface area contributed by atoms with Crippen LogP contribution in [0.5, 0.6) is 5.75 Å². The van der Waals surface area contributed by atoms with Crippen molar-refractivity contribution in [3.63, 3.8) is 0 Å². The first-order chi connectivity index (χ1) is 17.9. The molecule has 0 fully saturated rings. The summed E-state index contributed by atoms with van der Waals surface area (Å²) < 4.78 is 7.16. The average Bonchev–Trinajstić information content (AvgIpc) is 3.24. The van der Waals surface area contributed by atoms with E-state index >= 15 is 0 Å². The number of carbonyl (C=O) groups is 1. The molecule has 4 rings (SSSR count). The molecule has 0 aliphatic heterocycles. The van der Waals surface area contributed by atoms with E-state index in [1.807, 2.05) is 61.5 Å². The minimum absolute atomic E-state index is 0.0840. The highest BCUT2D eigenvalue weighted by molar-refractivity contribution is 7.99. The van der Waals surface area contributed by atoms with E-state index in [9.17, 15) is 4.79 Å². The summed E-state index contributed by atoms with van der Waals surface area (Å²) in [6, 6.07) is 20.3. The molecule has 0 atom stereocenters. The van der Waals surface area contributed by atoms with Gasteiger partial charge in [-0.05, 0) is 42.8 Å². The number of thioether (sulfide) groups is 1. The Hall–Kier alpha value is -3.73. The zero-order valence-electron chi connectivity index (χ0n) is 19.7. The van der Waals surface area contributed by atoms with Crippen LogP contribution in [-0.4, -0.2) is 32.7 Å². The van der Waals surface area contributed by atoms with Gasteiger partial charge < -0.3 is 15.9 Å². The number of nitrogens with one attached hydrogen (secondary N) is 2. The van der Waals surface area contributed by atoms with Gasteiger partial charge in [-0.2, -0.15) is 5.10 Å². The largest absolute Gasteiger partial charge is 0.488 e. The van der Waals surface area contributed by atoms with Crippen LogP contribution >= 0.6 is 35.0 Å². The zero-order valence-corrected chi connectivity index (χ0v) is 22.0. The number of ether oxygens (including phenoxy) is 1. The maximum Gasteiger partial charge on any atom is 0.264 e. The number of amides is 1. The number of aromatic nitrogens is 3. The van der Waals surface area contributed by atoms with Gasteiger partial charge in [0.25, 0.3) is 5.95 Å². The summed E-state index contributed by atoms with van der Waals surface area (Å²) in [6.45, 7) is 2.21. The Balaban J connectivity index is 1.33. The van der Waals surface area contributed by atoms with Crippen molar-refractivity contribution >= 4 is 58.7 Å². The summed E-state index contributed by atoms with van der Waals surface area (Å²) in [5.41, 5.74) is 5.95. The summed E-state index contributed by atoms with van der Waals surface area (Å²) in [6.07, 6.45) is 1.59. The molecule has 9 nitrogen and oxygen atoms in total. The zero-order chi connectivity index (χ0) is 26.2. The molecule has 0 saturated heterocycles. The Kier molecular flexibility index (Phi) is 8.89. The van der Waals surface area contributed by atoms with Gasteiger partial charge in [0.2, 0.25) is 11.1 Å². The average molecular weight is 556 g/mol. The summed E-state index contributed by atoms with van der Waals surface area (Å²) >= 11 is 13.4. The van der Waals surface area contributed by atoms with Gasteiger partial charge in [-0.1, -0.05) is 71.4 Å². The monoisotopic (exact) mass is 555 g/mol.